The number of hydrogen-bond donors (Lipinski definition) is 1. The lowest BCUT2D eigenvalue weighted by molar-refractivity contribution is 0.311. The minimum absolute atomic E-state index is 0.284. The number of imidazole rings is 1. The molecule has 1 aliphatic carbocycles. The van der Waals surface area contributed by atoms with Crippen molar-refractivity contribution in [2.75, 3.05) is 0 Å². The second kappa shape index (κ2) is 3.91. The van der Waals surface area contributed by atoms with Crippen LogP contribution in [0.25, 0.3) is 11.0 Å². The fraction of sp³-hybridized carbons (Fsp3) is 0.462. The lowest BCUT2D eigenvalue weighted by Crippen LogP contribution is -2.34. The van der Waals surface area contributed by atoms with Gasteiger partial charge in [0.25, 0.3) is 0 Å². The summed E-state index contributed by atoms with van der Waals surface area (Å²) in [5.74, 6) is 0. The second-order valence-electron chi connectivity index (χ2n) is 4.66. The number of fused-ring (bicyclic) bond motifs is 1. The Morgan fingerprint density at radius 3 is 2.88 bits per heavy atom. The second-order valence-corrected chi connectivity index (χ2v) is 4.66. The molecule has 1 saturated carbocycles. The molecule has 2 N–H and O–H groups in total. The van der Waals surface area contributed by atoms with E-state index in [0.29, 0.717) is 6.04 Å². The standard InChI is InChI=1S/C13H17N3/c14-10-5-1-3-7-12(10)16-9-15-11-6-2-4-8-13(11)16/h2,4,6,8-10,12H,1,3,5,7,14H2/t10-,12-/m1/s1. The minimum atomic E-state index is 0.284. The van der Waals surface area contributed by atoms with Gasteiger partial charge in [-0.15, -0.1) is 0 Å². The molecule has 0 unspecified atom stereocenters. The van der Waals surface area contributed by atoms with Crippen LogP contribution in [0, 0.1) is 0 Å². The molecule has 16 heavy (non-hydrogen) atoms. The van der Waals surface area contributed by atoms with Crippen LogP contribution in [0.15, 0.2) is 30.6 Å². The van der Waals surface area contributed by atoms with E-state index in [4.69, 9.17) is 5.73 Å². The summed E-state index contributed by atoms with van der Waals surface area (Å²) in [5.41, 5.74) is 8.50. The van der Waals surface area contributed by atoms with E-state index in [-0.39, 0.29) is 6.04 Å². The molecule has 84 valence electrons. The zero-order chi connectivity index (χ0) is 11.0. The molecule has 2 atom stereocenters. The van der Waals surface area contributed by atoms with Crippen LogP contribution in [0.4, 0.5) is 0 Å². The Morgan fingerprint density at radius 2 is 2.00 bits per heavy atom. The highest BCUT2D eigenvalue weighted by Crippen LogP contribution is 2.29. The Balaban J connectivity index is 2.04. The van der Waals surface area contributed by atoms with Crippen molar-refractivity contribution in [2.45, 2.75) is 37.8 Å². The number of benzene rings is 1. The van der Waals surface area contributed by atoms with Gasteiger partial charge in [-0.2, -0.15) is 0 Å². The molecule has 3 nitrogen and oxygen atoms in total. The molecule has 0 saturated heterocycles. The van der Waals surface area contributed by atoms with Gasteiger partial charge in [-0.05, 0) is 25.0 Å². The Bertz CT molecular complexity index is 489. The highest BCUT2D eigenvalue weighted by Gasteiger charge is 2.24. The van der Waals surface area contributed by atoms with E-state index in [1.165, 1.54) is 24.8 Å². The van der Waals surface area contributed by atoms with Gasteiger partial charge in [-0.25, -0.2) is 4.98 Å². The predicted octanol–water partition coefficient (Wildman–Crippen LogP) is 2.48. The van der Waals surface area contributed by atoms with Crippen molar-refractivity contribution in [1.82, 2.24) is 9.55 Å². The summed E-state index contributed by atoms with van der Waals surface area (Å²) in [4.78, 5) is 4.44. The lowest BCUT2D eigenvalue weighted by atomic mass is 9.91. The van der Waals surface area contributed by atoms with Crippen molar-refractivity contribution in [3.05, 3.63) is 30.6 Å². The first-order valence-corrected chi connectivity index (χ1v) is 6.03. The van der Waals surface area contributed by atoms with Crippen molar-refractivity contribution in [3.63, 3.8) is 0 Å². The molecular formula is C13H17N3. The van der Waals surface area contributed by atoms with Crippen LogP contribution in [0.3, 0.4) is 0 Å². The molecule has 3 heteroatoms. The first kappa shape index (κ1) is 9.85. The summed E-state index contributed by atoms with van der Waals surface area (Å²) < 4.78 is 2.26. The highest BCUT2D eigenvalue weighted by atomic mass is 15.1. The molecule has 1 heterocycles. The third kappa shape index (κ3) is 1.52. The van der Waals surface area contributed by atoms with Crippen molar-refractivity contribution >= 4 is 11.0 Å². The quantitative estimate of drug-likeness (QED) is 0.794. The molecule has 2 aromatic rings. The Hall–Kier alpha value is -1.35. The average molecular weight is 215 g/mol. The van der Waals surface area contributed by atoms with Crippen molar-refractivity contribution in [1.29, 1.82) is 0 Å². The normalized spacial score (nSPS) is 26.1. The topological polar surface area (TPSA) is 43.8 Å². The number of hydrogen-bond acceptors (Lipinski definition) is 2. The first-order valence-electron chi connectivity index (χ1n) is 6.03. The zero-order valence-electron chi connectivity index (χ0n) is 9.34. The summed E-state index contributed by atoms with van der Waals surface area (Å²) in [6.45, 7) is 0. The van der Waals surface area contributed by atoms with Gasteiger partial charge < -0.3 is 10.3 Å². The molecule has 1 aromatic carbocycles. The maximum Gasteiger partial charge on any atom is 0.0961 e. The van der Waals surface area contributed by atoms with Gasteiger partial charge >= 0.3 is 0 Å². The fourth-order valence-electron chi connectivity index (χ4n) is 2.73. The summed E-state index contributed by atoms with van der Waals surface area (Å²) in [7, 11) is 0. The Kier molecular flexibility index (Phi) is 2.40. The number of nitrogens with zero attached hydrogens (tertiary/aromatic N) is 2. The first-order chi connectivity index (χ1) is 7.86. The van der Waals surface area contributed by atoms with Gasteiger partial charge in [0.1, 0.15) is 0 Å². The third-order valence-electron chi connectivity index (χ3n) is 3.62. The van der Waals surface area contributed by atoms with E-state index in [0.717, 1.165) is 11.9 Å². The summed E-state index contributed by atoms with van der Waals surface area (Å²) in [5, 5.41) is 0. The lowest BCUT2D eigenvalue weighted by Gasteiger charge is -2.30. The molecular weight excluding hydrogens is 198 g/mol. The number of rotatable bonds is 1. The molecule has 0 aliphatic heterocycles. The van der Waals surface area contributed by atoms with Crippen molar-refractivity contribution < 1.29 is 0 Å². The molecule has 0 bridgehead atoms. The van der Waals surface area contributed by atoms with E-state index in [2.05, 4.69) is 27.8 Å². The highest BCUT2D eigenvalue weighted by molar-refractivity contribution is 5.75. The van der Waals surface area contributed by atoms with Crippen LogP contribution in [0.5, 0.6) is 0 Å². The van der Waals surface area contributed by atoms with Crippen LogP contribution in [0.2, 0.25) is 0 Å². The van der Waals surface area contributed by atoms with E-state index >= 15 is 0 Å². The minimum Gasteiger partial charge on any atom is -0.326 e. The van der Waals surface area contributed by atoms with E-state index in [9.17, 15) is 0 Å². The van der Waals surface area contributed by atoms with Gasteiger partial charge in [-0.3, -0.25) is 0 Å². The van der Waals surface area contributed by atoms with Crippen LogP contribution in [-0.2, 0) is 0 Å². The third-order valence-corrected chi connectivity index (χ3v) is 3.62. The SMILES string of the molecule is N[C@@H]1CCCC[C@H]1n1cnc2ccccc21. The van der Waals surface area contributed by atoms with Crippen molar-refractivity contribution in [3.8, 4) is 0 Å². The van der Waals surface area contributed by atoms with Crippen LogP contribution >= 0.6 is 0 Å². The molecule has 0 amide bonds. The largest absolute Gasteiger partial charge is 0.326 e. The summed E-state index contributed by atoms with van der Waals surface area (Å²) in [6.07, 6.45) is 6.81. The fourth-order valence-corrected chi connectivity index (χ4v) is 2.73. The van der Waals surface area contributed by atoms with Crippen LogP contribution in [-0.4, -0.2) is 15.6 Å². The Labute approximate surface area is 95.3 Å². The van der Waals surface area contributed by atoms with E-state index < -0.39 is 0 Å². The monoisotopic (exact) mass is 215 g/mol. The molecule has 0 spiro atoms. The van der Waals surface area contributed by atoms with Gasteiger partial charge in [0.2, 0.25) is 0 Å². The molecule has 1 aliphatic rings. The predicted molar refractivity (Wildman–Crippen MR) is 65.2 cm³/mol. The van der Waals surface area contributed by atoms with Gasteiger partial charge in [0, 0.05) is 6.04 Å². The smallest absolute Gasteiger partial charge is 0.0961 e. The van der Waals surface area contributed by atoms with E-state index in [1.807, 2.05) is 12.4 Å². The maximum atomic E-state index is 6.21. The maximum absolute atomic E-state index is 6.21. The van der Waals surface area contributed by atoms with Crippen molar-refractivity contribution in [2.24, 2.45) is 5.73 Å². The number of aromatic nitrogens is 2. The van der Waals surface area contributed by atoms with Crippen LogP contribution < -0.4 is 5.73 Å². The molecule has 3 rings (SSSR count). The Morgan fingerprint density at radius 1 is 1.19 bits per heavy atom. The molecule has 0 radical (unpaired) electrons. The summed E-state index contributed by atoms with van der Waals surface area (Å²) >= 11 is 0. The number of nitrogens with two attached hydrogens (primary N) is 1. The zero-order valence-corrected chi connectivity index (χ0v) is 9.34. The van der Waals surface area contributed by atoms with Gasteiger partial charge in [0.15, 0.2) is 0 Å². The summed E-state index contributed by atoms with van der Waals surface area (Å²) in [6, 6.07) is 8.99. The average Bonchev–Trinajstić information content (AvgIpc) is 2.74. The number of para-hydroxylation sites is 2. The molecule has 1 fully saturated rings. The van der Waals surface area contributed by atoms with Gasteiger partial charge in [0.05, 0.1) is 23.4 Å². The van der Waals surface area contributed by atoms with Crippen LogP contribution in [0.1, 0.15) is 31.7 Å². The molecule has 1 aromatic heterocycles. The van der Waals surface area contributed by atoms with Gasteiger partial charge in [-0.1, -0.05) is 25.0 Å². The van der Waals surface area contributed by atoms with E-state index in [1.54, 1.807) is 0 Å².